The Kier molecular flexibility index (Phi) is 5.95. The SMILES string of the molecule is COc1ccc(CNC(=O)C(CN)CC(C)(C)C)cn1. The number of nitrogens with one attached hydrogen (secondary N) is 1. The van der Waals surface area contributed by atoms with E-state index in [2.05, 4.69) is 31.1 Å². The first kappa shape index (κ1) is 16.4. The van der Waals surface area contributed by atoms with Crippen molar-refractivity contribution in [2.24, 2.45) is 17.1 Å². The lowest BCUT2D eigenvalue weighted by Crippen LogP contribution is -2.36. The number of hydrogen-bond acceptors (Lipinski definition) is 4. The maximum Gasteiger partial charge on any atom is 0.224 e. The molecule has 0 spiro atoms. The standard InChI is InChI=1S/C15H25N3O2/c1-15(2,3)7-12(8-16)14(19)18-10-11-5-6-13(20-4)17-9-11/h5-6,9,12H,7-8,10,16H2,1-4H3,(H,18,19). The minimum Gasteiger partial charge on any atom is -0.481 e. The first-order valence-corrected chi connectivity index (χ1v) is 6.82. The van der Waals surface area contributed by atoms with Crippen LogP contribution in [0.1, 0.15) is 32.8 Å². The first-order chi connectivity index (χ1) is 9.35. The minimum atomic E-state index is -0.152. The molecule has 1 aromatic rings. The van der Waals surface area contributed by atoms with E-state index in [1.807, 2.05) is 6.07 Å². The topological polar surface area (TPSA) is 77.2 Å². The number of pyridine rings is 1. The third-order valence-electron chi connectivity index (χ3n) is 2.99. The van der Waals surface area contributed by atoms with E-state index >= 15 is 0 Å². The number of hydrogen-bond donors (Lipinski definition) is 2. The largest absolute Gasteiger partial charge is 0.481 e. The number of methoxy groups -OCH3 is 1. The van der Waals surface area contributed by atoms with E-state index in [-0.39, 0.29) is 17.2 Å². The van der Waals surface area contributed by atoms with Crippen LogP contribution in [0, 0.1) is 11.3 Å². The summed E-state index contributed by atoms with van der Waals surface area (Å²) in [6, 6.07) is 3.66. The maximum atomic E-state index is 12.1. The molecule has 0 fully saturated rings. The quantitative estimate of drug-likeness (QED) is 0.831. The smallest absolute Gasteiger partial charge is 0.224 e. The highest BCUT2D eigenvalue weighted by Crippen LogP contribution is 2.24. The number of carbonyl (C=O) groups excluding carboxylic acids is 1. The van der Waals surface area contributed by atoms with Gasteiger partial charge in [0.05, 0.1) is 13.0 Å². The lowest BCUT2D eigenvalue weighted by molar-refractivity contribution is -0.125. The zero-order valence-corrected chi connectivity index (χ0v) is 12.8. The van der Waals surface area contributed by atoms with E-state index in [0.29, 0.717) is 19.0 Å². The van der Waals surface area contributed by atoms with Gasteiger partial charge in [-0.05, 0) is 17.4 Å². The monoisotopic (exact) mass is 279 g/mol. The molecule has 1 amide bonds. The molecular formula is C15H25N3O2. The molecule has 0 saturated heterocycles. The van der Waals surface area contributed by atoms with Crippen LogP contribution in [0.2, 0.25) is 0 Å². The number of nitrogens with zero attached hydrogens (tertiary/aromatic N) is 1. The molecule has 0 radical (unpaired) electrons. The number of carbonyl (C=O) groups is 1. The Hall–Kier alpha value is -1.62. The van der Waals surface area contributed by atoms with E-state index in [9.17, 15) is 4.79 Å². The summed E-state index contributed by atoms with van der Waals surface area (Å²) < 4.78 is 4.99. The summed E-state index contributed by atoms with van der Waals surface area (Å²) in [7, 11) is 1.57. The molecule has 0 aliphatic carbocycles. The van der Waals surface area contributed by atoms with Gasteiger partial charge in [0.15, 0.2) is 0 Å². The molecule has 1 heterocycles. The first-order valence-electron chi connectivity index (χ1n) is 6.82. The van der Waals surface area contributed by atoms with Crippen LogP contribution in [-0.2, 0) is 11.3 Å². The Balaban J connectivity index is 2.52. The van der Waals surface area contributed by atoms with Crippen LogP contribution >= 0.6 is 0 Å². The van der Waals surface area contributed by atoms with Crippen molar-refractivity contribution in [3.05, 3.63) is 23.9 Å². The normalized spacial score (nSPS) is 12.8. The number of amides is 1. The maximum absolute atomic E-state index is 12.1. The third kappa shape index (κ3) is 5.57. The molecule has 0 saturated carbocycles. The third-order valence-corrected chi connectivity index (χ3v) is 2.99. The molecule has 1 unspecified atom stereocenters. The van der Waals surface area contributed by atoms with Gasteiger partial charge in [-0.3, -0.25) is 4.79 Å². The van der Waals surface area contributed by atoms with Gasteiger partial charge < -0.3 is 15.8 Å². The van der Waals surface area contributed by atoms with Crippen LogP contribution in [0.3, 0.4) is 0 Å². The number of nitrogens with two attached hydrogens (primary N) is 1. The Morgan fingerprint density at radius 1 is 1.45 bits per heavy atom. The second-order valence-corrected chi connectivity index (χ2v) is 6.12. The molecule has 5 heteroatoms. The van der Waals surface area contributed by atoms with Gasteiger partial charge in [-0.2, -0.15) is 0 Å². The Morgan fingerprint density at radius 2 is 2.15 bits per heavy atom. The molecule has 0 aliphatic heterocycles. The van der Waals surface area contributed by atoms with E-state index < -0.39 is 0 Å². The van der Waals surface area contributed by atoms with Crippen LogP contribution in [-0.4, -0.2) is 24.5 Å². The second-order valence-electron chi connectivity index (χ2n) is 6.12. The average molecular weight is 279 g/mol. The molecule has 0 aliphatic rings. The summed E-state index contributed by atoms with van der Waals surface area (Å²) in [6.45, 7) is 7.14. The fourth-order valence-corrected chi connectivity index (χ4v) is 1.99. The summed E-state index contributed by atoms with van der Waals surface area (Å²) in [5, 5.41) is 2.91. The summed E-state index contributed by atoms with van der Waals surface area (Å²) in [4.78, 5) is 16.2. The Labute approximate surface area is 120 Å². The molecule has 1 atom stereocenters. The highest BCUT2D eigenvalue weighted by molar-refractivity contribution is 5.78. The Morgan fingerprint density at radius 3 is 2.60 bits per heavy atom. The summed E-state index contributed by atoms with van der Waals surface area (Å²) in [6.07, 6.45) is 2.47. The van der Waals surface area contributed by atoms with Crippen molar-refractivity contribution in [2.45, 2.75) is 33.7 Å². The lowest BCUT2D eigenvalue weighted by Gasteiger charge is -2.24. The van der Waals surface area contributed by atoms with Crippen LogP contribution in [0.25, 0.3) is 0 Å². The van der Waals surface area contributed by atoms with E-state index in [0.717, 1.165) is 12.0 Å². The van der Waals surface area contributed by atoms with Crippen molar-refractivity contribution in [1.82, 2.24) is 10.3 Å². The van der Waals surface area contributed by atoms with Crippen LogP contribution in [0.5, 0.6) is 5.88 Å². The number of ether oxygens (including phenoxy) is 1. The summed E-state index contributed by atoms with van der Waals surface area (Å²) >= 11 is 0. The molecule has 1 rings (SSSR count). The fourth-order valence-electron chi connectivity index (χ4n) is 1.99. The van der Waals surface area contributed by atoms with Gasteiger partial charge in [-0.1, -0.05) is 26.8 Å². The van der Waals surface area contributed by atoms with Crippen LogP contribution in [0.15, 0.2) is 18.3 Å². The van der Waals surface area contributed by atoms with Gasteiger partial charge in [0.1, 0.15) is 0 Å². The zero-order chi connectivity index (χ0) is 15.2. The van der Waals surface area contributed by atoms with Crippen molar-refractivity contribution in [3.63, 3.8) is 0 Å². The van der Waals surface area contributed by atoms with Gasteiger partial charge in [-0.15, -0.1) is 0 Å². The molecule has 5 nitrogen and oxygen atoms in total. The average Bonchev–Trinajstić information content (AvgIpc) is 2.41. The summed E-state index contributed by atoms with van der Waals surface area (Å²) in [5.41, 5.74) is 6.72. The van der Waals surface area contributed by atoms with Crippen LogP contribution in [0.4, 0.5) is 0 Å². The molecule has 0 aromatic carbocycles. The predicted octanol–water partition coefficient (Wildman–Crippen LogP) is 1.72. The van der Waals surface area contributed by atoms with E-state index in [1.54, 1.807) is 19.4 Å². The lowest BCUT2D eigenvalue weighted by atomic mass is 9.84. The molecule has 1 aromatic heterocycles. The van der Waals surface area contributed by atoms with Crippen LogP contribution < -0.4 is 15.8 Å². The molecule has 3 N–H and O–H groups in total. The highest BCUT2D eigenvalue weighted by atomic mass is 16.5. The van der Waals surface area contributed by atoms with Crippen molar-refractivity contribution in [1.29, 1.82) is 0 Å². The molecule has 20 heavy (non-hydrogen) atoms. The number of rotatable bonds is 6. The van der Waals surface area contributed by atoms with Gasteiger partial charge >= 0.3 is 0 Å². The Bertz CT molecular complexity index is 424. The summed E-state index contributed by atoms with van der Waals surface area (Å²) in [5.74, 6) is 0.409. The predicted molar refractivity (Wildman–Crippen MR) is 79.3 cm³/mol. The van der Waals surface area contributed by atoms with Gasteiger partial charge in [0.2, 0.25) is 11.8 Å². The van der Waals surface area contributed by atoms with E-state index in [1.165, 1.54) is 0 Å². The molecular weight excluding hydrogens is 254 g/mol. The van der Waals surface area contributed by atoms with Crippen molar-refractivity contribution < 1.29 is 9.53 Å². The zero-order valence-electron chi connectivity index (χ0n) is 12.8. The van der Waals surface area contributed by atoms with Crippen molar-refractivity contribution in [2.75, 3.05) is 13.7 Å². The second kappa shape index (κ2) is 7.24. The van der Waals surface area contributed by atoms with Crippen molar-refractivity contribution >= 4 is 5.91 Å². The minimum absolute atomic E-state index is 0.00163. The molecule has 112 valence electrons. The molecule has 0 bridgehead atoms. The van der Waals surface area contributed by atoms with E-state index in [4.69, 9.17) is 10.5 Å². The van der Waals surface area contributed by atoms with Gasteiger partial charge in [0, 0.05) is 25.4 Å². The van der Waals surface area contributed by atoms with Gasteiger partial charge in [0.25, 0.3) is 0 Å². The van der Waals surface area contributed by atoms with Crippen molar-refractivity contribution in [3.8, 4) is 5.88 Å². The highest BCUT2D eigenvalue weighted by Gasteiger charge is 2.23. The number of aromatic nitrogens is 1. The fraction of sp³-hybridized carbons (Fsp3) is 0.600. The van der Waals surface area contributed by atoms with Gasteiger partial charge in [-0.25, -0.2) is 4.98 Å².